The van der Waals surface area contributed by atoms with Gasteiger partial charge in [0.1, 0.15) is 6.33 Å². The van der Waals surface area contributed by atoms with E-state index in [0.717, 1.165) is 10.2 Å². The van der Waals surface area contributed by atoms with Gasteiger partial charge in [0, 0.05) is 10.0 Å². The fraction of sp³-hybridized carbons (Fsp3) is 0. The molecule has 21 heavy (non-hydrogen) atoms. The van der Waals surface area contributed by atoms with Crippen LogP contribution >= 0.6 is 15.9 Å². The fourth-order valence-corrected chi connectivity index (χ4v) is 2.30. The van der Waals surface area contributed by atoms with Crippen molar-refractivity contribution in [3.63, 3.8) is 0 Å². The quantitative estimate of drug-likeness (QED) is 0.794. The molecule has 0 saturated heterocycles. The summed E-state index contributed by atoms with van der Waals surface area (Å²) in [7, 11) is 0. The Bertz CT molecular complexity index is 770. The molecule has 0 bridgehead atoms. The molecule has 2 aromatic carbocycles. The molecule has 5 nitrogen and oxygen atoms in total. The summed E-state index contributed by atoms with van der Waals surface area (Å²) < 4.78 is 2.57. The highest BCUT2D eigenvalue weighted by atomic mass is 79.9. The largest absolute Gasteiger partial charge is 0.290 e. The minimum atomic E-state index is -0.235. The zero-order valence-electron chi connectivity index (χ0n) is 10.9. The van der Waals surface area contributed by atoms with E-state index >= 15 is 0 Å². The first kappa shape index (κ1) is 13.5. The molecule has 0 aliphatic heterocycles. The molecule has 0 aliphatic carbocycles. The Morgan fingerprint density at radius 2 is 1.90 bits per heavy atom. The van der Waals surface area contributed by atoms with Crippen LogP contribution in [-0.2, 0) is 0 Å². The van der Waals surface area contributed by atoms with Gasteiger partial charge in [-0.1, -0.05) is 40.2 Å². The van der Waals surface area contributed by atoms with E-state index in [1.165, 1.54) is 0 Å². The van der Waals surface area contributed by atoms with E-state index < -0.39 is 0 Å². The van der Waals surface area contributed by atoms with Crippen molar-refractivity contribution in [3.05, 3.63) is 71.0 Å². The van der Waals surface area contributed by atoms with Crippen LogP contribution in [0.5, 0.6) is 0 Å². The van der Waals surface area contributed by atoms with Crippen LogP contribution in [0, 0.1) is 0 Å². The average molecular weight is 343 g/mol. The number of nitrogens with zero attached hydrogens (tertiary/aromatic N) is 3. The highest BCUT2D eigenvalue weighted by Gasteiger charge is 2.11. The lowest BCUT2D eigenvalue weighted by atomic mass is 10.2. The molecule has 3 aromatic rings. The zero-order chi connectivity index (χ0) is 14.7. The topological polar surface area (TPSA) is 59.8 Å². The molecule has 0 unspecified atom stereocenters. The molecular formula is C15H11BrN4O. The molecular weight excluding hydrogens is 332 g/mol. The number of hydrogen-bond acceptors (Lipinski definition) is 3. The van der Waals surface area contributed by atoms with E-state index in [2.05, 4.69) is 31.4 Å². The summed E-state index contributed by atoms with van der Waals surface area (Å²) in [5, 5.41) is 10.6. The predicted molar refractivity (Wildman–Crippen MR) is 83.5 cm³/mol. The molecule has 6 heteroatoms. The van der Waals surface area contributed by atoms with E-state index in [9.17, 15) is 4.79 Å². The molecule has 0 atom stereocenters. The first-order valence-corrected chi connectivity index (χ1v) is 7.06. The second-order valence-electron chi connectivity index (χ2n) is 4.32. The zero-order valence-corrected chi connectivity index (χ0v) is 12.5. The number of nitrogens with one attached hydrogen (secondary N) is 1. The summed E-state index contributed by atoms with van der Waals surface area (Å²) in [5.74, 6) is 0.146. The van der Waals surface area contributed by atoms with Crippen LogP contribution in [0.3, 0.4) is 0 Å². The summed E-state index contributed by atoms with van der Waals surface area (Å²) >= 11 is 3.35. The van der Waals surface area contributed by atoms with E-state index in [1.807, 2.05) is 36.4 Å². The van der Waals surface area contributed by atoms with Gasteiger partial charge in [-0.15, -0.1) is 10.2 Å². The summed E-state index contributed by atoms with van der Waals surface area (Å²) in [6.45, 7) is 0. The Balaban J connectivity index is 1.87. The monoisotopic (exact) mass is 342 g/mol. The van der Waals surface area contributed by atoms with Crippen molar-refractivity contribution < 1.29 is 4.79 Å². The van der Waals surface area contributed by atoms with Gasteiger partial charge < -0.3 is 0 Å². The van der Waals surface area contributed by atoms with Gasteiger partial charge in [-0.25, -0.2) is 0 Å². The van der Waals surface area contributed by atoms with Gasteiger partial charge in [0.25, 0.3) is 5.91 Å². The number of para-hydroxylation sites is 1. The normalized spacial score (nSPS) is 10.3. The number of aromatic nitrogens is 3. The van der Waals surface area contributed by atoms with Crippen LogP contribution in [-0.4, -0.2) is 20.7 Å². The van der Waals surface area contributed by atoms with Crippen LogP contribution in [0.25, 0.3) is 5.69 Å². The molecule has 0 fully saturated rings. The van der Waals surface area contributed by atoms with Crippen LogP contribution in [0.1, 0.15) is 10.4 Å². The Morgan fingerprint density at radius 3 is 2.67 bits per heavy atom. The molecule has 0 spiro atoms. The number of carbonyl (C=O) groups is 1. The van der Waals surface area contributed by atoms with Gasteiger partial charge in [-0.3, -0.25) is 14.7 Å². The SMILES string of the molecule is O=C(Nc1nncn1-c1ccccc1)c1cccc(Br)c1. The molecule has 1 N–H and O–H groups in total. The third kappa shape index (κ3) is 3.00. The van der Waals surface area contributed by atoms with E-state index in [0.29, 0.717) is 11.5 Å². The summed E-state index contributed by atoms with van der Waals surface area (Å²) in [6.07, 6.45) is 1.56. The number of rotatable bonds is 3. The number of anilines is 1. The van der Waals surface area contributed by atoms with Crippen LogP contribution in [0.2, 0.25) is 0 Å². The van der Waals surface area contributed by atoms with E-state index in [1.54, 1.807) is 29.1 Å². The minimum Gasteiger partial charge on any atom is -0.290 e. The summed E-state index contributed by atoms with van der Waals surface area (Å²) in [4.78, 5) is 12.2. The van der Waals surface area contributed by atoms with Crippen molar-refractivity contribution in [3.8, 4) is 5.69 Å². The van der Waals surface area contributed by atoms with Gasteiger partial charge in [-0.05, 0) is 30.3 Å². The van der Waals surface area contributed by atoms with Gasteiger partial charge in [0.15, 0.2) is 0 Å². The third-order valence-electron chi connectivity index (χ3n) is 2.89. The van der Waals surface area contributed by atoms with Crippen molar-refractivity contribution in [1.29, 1.82) is 0 Å². The van der Waals surface area contributed by atoms with Gasteiger partial charge >= 0.3 is 0 Å². The fourth-order valence-electron chi connectivity index (χ4n) is 1.90. The van der Waals surface area contributed by atoms with Gasteiger partial charge in [-0.2, -0.15) is 0 Å². The maximum Gasteiger partial charge on any atom is 0.258 e. The van der Waals surface area contributed by atoms with Crippen molar-refractivity contribution in [2.24, 2.45) is 0 Å². The molecule has 1 heterocycles. The predicted octanol–water partition coefficient (Wildman–Crippen LogP) is 3.28. The smallest absolute Gasteiger partial charge is 0.258 e. The average Bonchev–Trinajstić information content (AvgIpc) is 2.96. The Kier molecular flexibility index (Phi) is 3.79. The van der Waals surface area contributed by atoms with Crippen LogP contribution < -0.4 is 5.32 Å². The van der Waals surface area contributed by atoms with Crippen molar-refractivity contribution in [2.45, 2.75) is 0 Å². The first-order chi connectivity index (χ1) is 10.2. The van der Waals surface area contributed by atoms with Gasteiger partial charge in [0.05, 0.1) is 5.69 Å². The second kappa shape index (κ2) is 5.88. The van der Waals surface area contributed by atoms with Gasteiger partial charge in [0.2, 0.25) is 5.95 Å². The molecule has 104 valence electrons. The molecule has 1 amide bonds. The number of amides is 1. The molecule has 0 saturated carbocycles. The van der Waals surface area contributed by atoms with Crippen molar-refractivity contribution in [2.75, 3.05) is 5.32 Å². The third-order valence-corrected chi connectivity index (χ3v) is 3.39. The van der Waals surface area contributed by atoms with Crippen molar-refractivity contribution in [1.82, 2.24) is 14.8 Å². The standard InChI is InChI=1S/C15H11BrN4O/c16-12-6-4-5-11(9-12)14(21)18-15-19-17-10-20(15)13-7-2-1-3-8-13/h1-10H,(H,18,19,21). The van der Waals surface area contributed by atoms with E-state index in [4.69, 9.17) is 0 Å². The minimum absolute atomic E-state index is 0.235. The molecule has 0 radical (unpaired) electrons. The first-order valence-electron chi connectivity index (χ1n) is 6.26. The highest BCUT2D eigenvalue weighted by molar-refractivity contribution is 9.10. The van der Waals surface area contributed by atoms with Crippen molar-refractivity contribution >= 4 is 27.8 Å². The summed E-state index contributed by atoms with van der Waals surface area (Å²) in [5.41, 5.74) is 1.43. The van der Waals surface area contributed by atoms with E-state index in [-0.39, 0.29) is 5.91 Å². The number of halogens is 1. The summed E-state index contributed by atoms with van der Waals surface area (Å²) in [6, 6.07) is 16.7. The number of hydrogen-bond donors (Lipinski definition) is 1. The highest BCUT2D eigenvalue weighted by Crippen LogP contribution is 2.15. The maximum atomic E-state index is 12.2. The number of carbonyl (C=O) groups excluding carboxylic acids is 1. The molecule has 3 rings (SSSR count). The Hall–Kier alpha value is -2.47. The Morgan fingerprint density at radius 1 is 1.10 bits per heavy atom. The van der Waals surface area contributed by atoms with Crippen LogP contribution in [0.15, 0.2) is 65.4 Å². The second-order valence-corrected chi connectivity index (χ2v) is 5.24. The Labute approximate surface area is 129 Å². The molecule has 1 aromatic heterocycles. The maximum absolute atomic E-state index is 12.2. The lowest BCUT2D eigenvalue weighted by Gasteiger charge is -2.07. The van der Waals surface area contributed by atoms with Crippen LogP contribution in [0.4, 0.5) is 5.95 Å². The molecule has 0 aliphatic rings. The lowest BCUT2D eigenvalue weighted by Crippen LogP contribution is -2.15. The lowest BCUT2D eigenvalue weighted by molar-refractivity contribution is 0.102. The number of benzene rings is 2.